The molecule has 0 aromatic heterocycles. The summed E-state index contributed by atoms with van der Waals surface area (Å²) in [4.78, 5) is 14.9. The van der Waals surface area contributed by atoms with Crippen molar-refractivity contribution in [1.82, 2.24) is 10.2 Å². The van der Waals surface area contributed by atoms with E-state index < -0.39 is 11.7 Å². The predicted molar refractivity (Wildman–Crippen MR) is 118 cm³/mol. The summed E-state index contributed by atoms with van der Waals surface area (Å²) < 4.78 is 38.6. The molecule has 0 spiro atoms. The topological polar surface area (TPSA) is 52.6 Å². The number of hydrogen-bond acceptors (Lipinski definition) is 3. The summed E-state index contributed by atoms with van der Waals surface area (Å²) >= 11 is 0. The number of likely N-dealkylation sites (tertiary alicyclic amines) is 1. The van der Waals surface area contributed by atoms with Crippen LogP contribution in [0, 0.1) is 5.92 Å². The quantitative estimate of drug-likeness (QED) is 0.588. The Balaban J connectivity index is 1.51. The lowest BCUT2D eigenvalue weighted by Crippen LogP contribution is -2.56. The lowest BCUT2D eigenvalue weighted by atomic mass is 9.92. The number of aliphatic hydroxyl groups excluding tert-OH is 1. The van der Waals surface area contributed by atoms with Crippen molar-refractivity contribution < 1.29 is 23.1 Å². The van der Waals surface area contributed by atoms with E-state index in [1.54, 1.807) is 6.07 Å². The molecule has 168 valence electrons. The fourth-order valence-electron chi connectivity index (χ4n) is 4.17. The largest absolute Gasteiger partial charge is 0.416 e. The van der Waals surface area contributed by atoms with E-state index in [0.29, 0.717) is 23.6 Å². The van der Waals surface area contributed by atoms with Crippen LogP contribution in [0.5, 0.6) is 0 Å². The number of carbonyl (C=O) groups excluding carboxylic acids is 1. The SMILES string of the molecule is C[C@H](NC(=O)c1ccc2c(-c3ccc(C(F)(F)F)cc3)cccc2c1)C1CN(CCO)C1. The minimum atomic E-state index is -4.37. The zero-order chi connectivity index (χ0) is 22.9. The summed E-state index contributed by atoms with van der Waals surface area (Å²) in [7, 11) is 0. The molecule has 0 radical (unpaired) electrons. The van der Waals surface area contributed by atoms with E-state index in [9.17, 15) is 18.0 Å². The average molecular weight is 442 g/mol. The summed E-state index contributed by atoms with van der Waals surface area (Å²) in [6.45, 7) is 4.50. The molecule has 3 aromatic rings. The summed E-state index contributed by atoms with van der Waals surface area (Å²) in [5, 5.41) is 13.8. The summed E-state index contributed by atoms with van der Waals surface area (Å²) in [6.07, 6.45) is -4.37. The first-order chi connectivity index (χ1) is 15.3. The molecule has 1 heterocycles. The zero-order valence-electron chi connectivity index (χ0n) is 17.7. The number of amides is 1. The van der Waals surface area contributed by atoms with Gasteiger partial charge in [0.05, 0.1) is 12.2 Å². The maximum atomic E-state index is 12.9. The molecule has 32 heavy (non-hydrogen) atoms. The third kappa shape index (κ3) is 4.64. The third-order valence-electron chi connectivity index (χ3n) is 6.13. The highest BCUT2D eigenvalue weighted by Crippen LogP contribution is 2.33. The van der Waals surface area contributed by atoms with Crippen molar-refractivity contribution in [2.24, 2.45) is 5.92 Å². The van der Waals surface area contributed by atoms with Gasteiger partial charge in [-0.2, -0.15) is 13.2 Å². The molecule has 0 saturated carbocycles. The lowest BCUT2D eigenvalue weighted by molar-refractivity contribution is -0.137. The molecule has 0 aliphatic carbocycles. The van der Waals surface area contributed by atoms with Gasteiger partial charge in [0.25, 0.3) is 5.91 Å². The first-order valence-corrected chi connectivity index (χ1v) is 10.6. The third-order valence-corrected chi connectivity index (χ3v) is 6.13. The number of halogens is 3. The van der Waals surface area contributed by atoms with Gasteiger partial charge in [-0.25, -0.2) is 0 Å². The van der Waals surface area contributed by atoms with Gasteiger partial charge in [0, 0.05) is 37.2 Å². The van der Waals surface area contributed by atoms with E-state index in [1.165, 1.54) is 12.1 Å². The van der Waals surface area contributed by atoms with Crippen molar-refractivity contribution in [3.8, 4) is 11.1 Å². The number of nitrogens with zero attached hydrogens (tertiary/aromatic N) is 1. The highest BCUT2D eigenvalue weighted by Gasteiger charge is 2.32. The van der Waals surface area contributed by atoms with E-state index in [4.69, 9.17) is 5.11 Å². The minimum Gasteiger partial charge on any atom is -0.395 e. The van der Waals surface area contributed by atoms with Crippen molar-refractivity contribution >= 4 is 16.7 Å². The van der Waals surface area contributed by atoms with Gasteiger partial charge in [-0.1, -0.05) is 36.4 Å². The van der Waals surface area contributed by atoms with Crippen LogP contribution in [0.4, 0.5) is 13.2 Å². The van der Waals surface area contributed by atoms with Crippen LogP contribution in [0.15, 0.2) is 60.7 Å². The Morgan fingerprint density at radius 3 is 2.50 bits per heavy atom. The predicted octanol–water partition coefficient (Wildman–Crippen LogP) is 4.57. The number of rotatable bonds is 6. The highest BCUT2D eigenvalue weighted by molar-refractivity contribution is 6.02. The summed E-state index contributed by atoms with van der Waals surface area (Å²) in [5.74, 6) is 0.206. The fraction of sp³-hybridized carbons (Fsp3) is 0.320. The van der Waals surface area contributed by atoms with Crippen LogP contribution >= 0.6 is 0 Å². The number of hydrogen-bond donors (Lipinski definition) is 2. The number of nitrogens with one attached hydrogen (secondary N) is 1. The molecule has 7 heteroatoms. The van der Waals surface area contributed by atoms with Gasteiger partial charge in [-0.05, 0) is 53.1 Å². The standard InChI is InChI=1S/C25H25F3N2O2/c1-16(20-14-30(15-20)11-12-31)29-24(32)19-7-10-23-18(13-19)3-2-4-22(23)17-5-8-21(9-6-17)25(26,27)28/h2-10,13,16,20,31H,11-12,14-15H2,1H3,(H,29,32)/t16-/m0/s1. The van der Waals surface area contributed by atoms with Gasteiger partial charge in [0.15, 0.2) is 0 Å². The lowest BCUT2D eigenvalue weighted by Gasteiger charge is -2.42. The number of aliphatic hydroxyl groups is 1. The fourth-order valence-corrected chi connectivity index (χ4v) is 4.17. The minimum absolute atomic E-state index is 0.0200. The van der Waals surface area contributed by atoms with Crippen LogP contribution in [0.25, 0.3) is 21.9 Å². The molecule has 1 fully saturated rings. The molecule has 4 nitrogen and oxygen atoms in total. The molecule has 0 unspecified atom stereocenters. The second-order valence-corrected chi connectivity index (χ2v) is 8.32. The molecule has 1 atom stereocenters. The van der Waals surface area contributed by atoms with Gasteiger partial charge >= 0.3 is 6.18 Å². The number of β-amino-alcohol motifs (C(OH)–C–C–N with tert-alkyl or cyclic N) is 1. The van der Waals surface area contributed by atoms with Crippen LogP contribution in [-0.4, -0.2) is 48.2 Å². The molecule has 1 saturated heterocycles. The van der Waals surface area contributed by atoms with E-state index in [0.717, 1.165) is 41.6 Å². The Bertz CT molecular complexity index is 1110. The average Bonchev–Trinajstić information content (AvgIpc) is 2.74. The summed E-state index contributed by atoms with van der Waals surface area (Å²) in [6, 6.07) is 16.1. The molecular formula is C25H25F3N2O2. The van der Waals surface area contributed by atoms with E-state index in [-0.39, 0.29) is 18.6 Å². The van der Waals surface area contributed by atoms with E-state index in [2.05, 4.69) is 10.2 Å². The molecule has 1 amide bonds. The smallest absolute Gasteiger partial charge is 0.395 e. The van der Waals surface area contributed by atoms with Gasteiger partial charge in [0.1, 0.15) is 0 Å². The first kappa shape index (κ1) is 22.3. The van der Waals surface area contributed by atoms with Crippen molar-refractivity contribution in [3.63, 3.8) is 0 Å². The van der Waals surface area contributed by atoms with Crippen LogP contribution in [0.1, 0.15) is 22.8 Å². The van der Waals surface area contributed by atoms with Gasteiger partial charge < -0.3 is 15.3 Å². The normalized spacial score (nSPS) is 16.0. The number of carbonyl (C=O) groups is 1. The van der Waals surface area contributed by atoms with Crippen LogP contribution in [0.3, 0.4) is 0 Å². The molecular weight excluding hydrogens is 417 g/mol. The molecule has 1 aliphatic rings. The van der Waals surface area contributed by atoms with E-state index in [1.807, 2.05) is 37.3 Å². The van der Waals surface area contributed by atoms with Crippen molar-refractivity contribution in [2.45, 2.75) is 19.1 Å². The number of fused-ring (bicyclic) bond motifs is 1. The Morgan fingerprint density at radius 2 is 1.84 bits per heavy atom. The van der Waals surface area contributed by atoms with Gasteiger partial charge in [0.2, 0.25) is 0 Å². The Kier molecular flexibility index (Phi) is 6.22. The maximum Gasteiger partial charge on any atom is 0.416 e. The molecule has 3 aromatic carbocycles. The molecule has 1 aliphatic heterocycles. The Morgan fingerprint density at radius 1 is 1.12 bits per heavy atom. The molecule has 2 N–H and O–H groups in total. The van der Waals surface area contributed by atoms with E-state index >= 15 is 0 Å². The second-order valence-electron chi connectivity index (χ2n) is 8.32. The molecule has 0 bridgehead atoms. The van der Waals surface area contributed by atoms with Crippen LogP contribution in [-0.2, 0) is 6.18 Å². The van der Waals surface area contributed by atoms with Crippen molar-refractivity contribution in [3.05, 3.63) is 71.8 Å². The Hall–Kier alpha value is -2.90. The first-order valence-electron chi connectivity index (χ1n) is 10.6. The Labute approximate surface area is 184 Å². The second kappa shape index (κ2) is 8.92. The number of benzene rings is 3. The molecule has 4 rings (SSSR count). The van der Waals surface area contributed by atoms with Crippen molar-refractivity contribution in [1.29, 1.82) is 0 Å². The van der Waals surface area contributed by atoms with Gasteiger partial charge in [-0.15, -0.1) is 0 Å². The summed E-state index contributed by atoms with van der Waals surface area (Å²) in [5.41, 5.74) is 1.36. The maximum absolute atomic E-state index is 12.9. The van der Waals surface area contributed by atoms with Gasteiger partial charge in [-0.3, -0.25) is 4.79 Å². The van der Waals surface area contributed by atoms with Crippen LogP contribution in [0.2, 0.25) is 0 Å². The highest BCUT2D eigenvalue weighted by atomic mass is 19.4. The monoisotopic (exact) mass is 442 g/mol. The zero-order valence-corrected chi connectivity index (χ0v) is 17.7. The van der Waals surface area contributed by atoms with Crippen molar-refractivity contribution in [2.75, 3.05) is 26.2 Å². The van der Waals surface area contributed by atoms with Crippen LogP contribution < -0.4 is 5.32 Å². The number of alkyl halides is 3.